The number of aryl methyl sites for hydroxylation is 1. The molecular weight excluding hydrogens is 270 g/mol. The Morgan fingerprint density at radius 2 is 2.00 bits per heavy atom. The summed E-state index contributed by atoms with van der Waals surface area (Å²) in [6.45, 7) is 0.630. The van der Waals surface area contributed by atoms with Crippen molar-refractivity contribution in [2.24, 2.45) is 0 Å². The van der Waals surface area contributed by atoms with E-state index in [1.165, 1.54) is 24.0 Å². The normalized spacial score (nSPS) is 17.6. The van der Waals surface area contributed by atoms with Crippen LogP contribution in [-0.2, 0) is 6.42 Å². The summed E-state index contributed by atoms with van der Waals surface area (Å²) in [4.78, 5) is 0. The molecule has 0 saturated heterocycles. The monoisotopic (exact) mass is 287 g/mol. The van der Waals surface area contributed by atoms with Gasteiger partial charge in [0.25, 0.3) is 0 Å². The minimum Gasteiger partial charge on any atom is -0.489 e. The highest BCUT2D eigenvalue weighted by Gasteiger charge is 2.21. The van der Waals surface area contributed by atoms with E-state index in [1.54, 1.807) is 0 Å². The zero-order valence-corrected chi connectivity index (χ0v) is 12.1. The molecule has 1 atom stereocenters. The highest BCUT2D eigenvalue weighted by atomic mass is 35.5. The Morgan fingerprint density at radius 3 is 2.85 bits per heavy atom. The number of nitrogen functional groups attached to an aromatic ring is 1. The lowest BCUT2D eigenvalue weighted by Crippen LogP contribution is -2.17. The van der Waals surface area contributed by atoms with Crippen molar-refractivity contribution in [2.45, 2.75) is 25.2 Å². The van der Waals surface area contributed by atoms with E-state index in [0.717, 1.165) is 6.42 Å². The van der Waals surface area contributed by atoms with Gasteiger partial charge in [0.05, 0.1) is 17.3 Å². The van der Waals surface area contributed by atoms with Crippen LogP contribution in [0.15, 0.2) is 42.5 Å². The van der Waals surface area contributed by atoms with E-state index >= 15 is 0 Å². The molecule has 0 aromatic heterocycles. The number of hydrogen-bond acceptors (Lipinski definition) is 2. The lowest BCUT2D eigenvalue weighted by molar-refractivity contribution is 0.276. The zero-order chi connectivity index (χ0) is 13.9. The predicted molar refractivity (Wildman–Crippen MR) is 83.5 cm³/mol. The van der Waals surface area contributed by atoms with E-state index in [0.29, 0.717) is 29.0 Å². The van der Waals surface area contributed by atoms with Crippen molar-refractivity contribution in [2.75, 3.05) is 12.3 Å². The first kappa shape index (κ1) is 13.3. The molecule has 3 heteroatoms. The van der Waals surface area contributed by atoms with E-state index in [-0.39, 0.29) is 0 Å². The summed E-state index contributed by atoms with van der Waals surface area (Å²) in [6, 6.07) is 14.1. The lowest BCUT2D eigenvalue weighted by atomic mass is 9.83. The van der Waals surface area contributed by atoms with Crippen molar-refractivity contribution in [3.05, 3.63) is 58.6 Å². The smallest absolute Gasteiger partial charge is 0.160 e. The largest absolute Gasteiger partial charge is 0.489 e. The third-order valence-electron chi connectivity index (χ3n) is 3.92. The first-order chi connectivity index (χ1) is 9.75. The number of rotatable bonds is 3. The van der Waals surface area contributed by atoms with Gasteiger partial charge in [-0.1, -0.05) is 41.9 Å². The molecule has 2 aromatic carbocycles. The quantitative estimate of drug-likeness (QED) is 0.848. The van der Waals surface area contributed by atoms with Crippen molar-refractivity contribution in [3.8, 4) is 5.75 Å². The fourth-order valence-electron chi connectivity index (χ4n) is 2.89. The molecule has 0 radical (unpaired) electrons. The number of halogens is 1. The van der Waals surface area contributed by atoms with Crippen LogP contribution in [0.2, 0.25) is 5.02 Å². The molecule has 0 heterocycles. The summed E-state index contributed by atoms with van der Waals surface area (Å²) in [5.74, 6) is 1.04. The van der Waals surface area contributed by atoms with Gasteiger partial charge < -0.3 is 10.5 Å². The number of ether oxygens (including phenoxy) is 1. The standard InChI is InChI=1S/C17H18ClNO/c18-15-9-4-10-16(19)17(15)20-11-13-7-3-6-12-5-1-2-8-14(12)13/h1-2,4-5,8-10,13H,3,6-7,11,19H2. The molecule has 2 aromatic rings. The summed E-state index contributed by atoms with van der Waals surface area (Å²) in [6.07, 6.45) is 3.53. The highest BCUT2D eigenvalue weighted by Crippen LogP contribution is 2.35. The highest BCUT2D eigenvalue weighted by molar-refractivity contribution is 6.32. The maximum atomic E-state index is 6.14. The molecular formula is C17H18ClNO. The Labute approximate surface area is 124 Å². The number of fused-ring (bicyclic) bond motifs is 1. The molecule has 0 bridgehead atoms. The molecule has 0 amide bonds. The van der Waals surface area contributed by atoms with E-state index in [2.05, 4.69) is 24.3 Å². The third kappa shape index (κ3) is 2.61. The summed E-state index contributed by atoms with van der Waals surface area (Å²) < 4.78 is 5.91. The van der Waals surface area contributed by atoms with Crippen LogP contribution >= 0.6 is 11.6 Å². The second-order valence-corrected chi connectivity index (χ2v) is 5.66. The summed E-state index contributed by atoms with van der Waals surface area (Å²) in [7, 11) is 0. The van der Waals surface area contributed by atoms with E-state index in [4.69, 9.17) is 22.1 Å². The first-order valence-corrected chi connectivity index (χ1v) is 7.38. The van der Waals surface area contributed by atoms with Gasteiger partial charge in [-0.25, -0.2) is 0 Å². The zero-order valence-electron chi connectivity index (χ0n) is 11.3. The Morgan fingerprint density at radius 1 is 1.15 bits per heavy atom. The van der Waals surface area contributed by atoms with E-state index < -0.39 is 0 Å². The number of benzene rings is 2. The SMILES string of the molecule is Nc1cccc(Cl)c1OCC1CCCc2ccccc21. The van der Waals surface area contributed by atoms with Gasteiger partial charge in [-0.2, -0.15) is 0 Å². The molecule has 0 saturated carbocycles. The summed E-state index contributed by atoms with van der Waals surface area (Å²) >= 11 is 6.14. The van der Waals surface area contributed by atoms with Crippen LogP contribution in [0.1, 0.15) is 29.9 Å². The predicted octanol–water partition coefficient (Wildman–Crippen LogP) is 4.42. The number of anilines is 1. The summed E-state index contributed by atoms with van der Waals surface area (Å²) in [5.41, 5.74) is 9.37. The second kappa shape index (κ2) is 5.76. The van der Waals surface area contributed by atoms with E-state index in [9.17, 15) is 0 Å². The van der Waals surface area contributed by atoms with E-state index in [1.807, 2.05) is 18.2 Å². The molecule has 1 aliphatic rings. The molecule has 0 aliphatic heterocycles. The molecule has 20 heavy (non-hydrogen) atoms. The Bertz CT molecular complexity index is 591. The average molecular weight is 288 g/mol. The van der Waals surface area contributed by atoms with Crippen LogP contribution < -0.4 is 10.5 Å². The van der Waals surface area contributed by atoms with Crippen LogP contribution in [-0.4, -0.2) is 6.61 Å². The molecule has 0 fully saturated rings. The summed E-state index contributed by atoms with van der Waals surface area (Å²) in [5, 5.41) is 0.578. The molecule has 0 spiro atoms. The lowest BCUT2D eigenvalue weighted by Gasteiger charge is -2.25. The van der Waals surface area contributed by atoms with Crippen molar-refractivity contribution in [1.82, 2.24) is 0 Å². The van der Waals surface area contributed by atoms with Crippen molar-refractivity contribution >= 4 is 17.3 Å². The van der Waals surface area contributed by atoms with Crippen LogP contribution in [0, 0.1) is 0 Å². The first-order valence-electron chi connectivity index (χ1n) is 7.00. The molecule has 1 unspecified atom stereocenters. The van der Waals surface area contributed by atoms with Gasteiger partial charge in [-0.3, -0.25) is 0 Å². The van der Waals surface area contributed by atoms with Crippen LogP contribution in [0.4, 0.5) is 5.69 Å². The Hall–Kier alpha value is -1.67. The van der Waals surface area contributed by atoms with Crippen LogP contribution in [0.25, 0.3) is 0 Å². The van der Waals surface area contributed by atoms with Gasteiger partial charge in [-0.05, 0) is 42.5 Å². The Balaban J connectivity index is 1.77. The molecule has 2 nitrogen and oxygen atoms in total. The molecule has 104 valence electrons. The number of para-hydroxylation sites is 1. The van der Waals surface area contributed by atoms with Gasteiger partial charge in [-0.15, -0.1) is 0 Å². The van der Waals surface area contributed by atoms with Crippen molar-refractivity contribution in [1.29, 1.82) is 0 Å². The topological polar surface area (TPSA) is 35.2 Å². The van der Waals surface area contributed by atoms with Crippen LogP contribution in [0.3, 0.4) is 0 Å². The third-order valence-corrected chi connectivity index (χ3v) is 4.22. The number of hydrogen-bond donors (Lipinski definition) is 1. The second-order valence-electron chi connectivity index (χ2n) is 5.26. The fourth-order valence-corrected chi connectivity index (χ4v) is 3.13. The van der Waals surface area contributed by atoms with Crippen LogP contribution in [0.5, 0.6) is 5.75 Å². The van der Waals surface area contributed by atoms with Gasteiger partial charge in [0.1, 0.15) is 0 Å². The van der Waals surface area contributed by atoms with Gasteiger partial charge in [0.15, 0.2) is 5.75 Å². The van der Waals surface area contributed by atoms with Gasteiger partial charge in [0.2, 0.25) is 0 Å². The minimum absolute atomic E-state index is 0.427. The maximum absolute atomic E-state index is 6.14. The van der Waals surface area contributed by atoms with Crippen molar-refractivity contribution in [3.63, 3.8) is 0 Å². The number of nitrogens with two attached hydrogens (primary N) is 1. The minimum atomic E-state index is 0.427. The van der Waals surface area contributed by atoms with Gasteiger partial charge in [0, 0.05) is 5.92 Å². The molecule has 3 rings (SSSR count). The molecule has 2 N–H and O–H groups in total. The fraction of sp³-hybridized carbons (Fsp3) is 0.294. The van der Waals surface area contributed by atoms with Crippen molar-refractivity contribution < 1.29 is 4.74 Å². The Kier molecular flexibility index (Phi) is 3.83. The maximum Gasteiger partial charge on any atom is 0.160 e. The average Bonchev–Trinajstić information content (AvgIpc) is 2.47. The van der Waals surface area contributed by atoms with Gasteiger partial charge >= 0.3 is 0 Å². The molecule has 1 aliphatic carbocycles.